The molecule has 0 heterocycles. The van der Waals surface area contributed by atoms with Crippen LogP contribution >= 0.6 is 11.8 Å². The van der Waals surface area contributed by atoms with Crippen LogP contribution in [0.4, 0.5) is 0 Å². The first kappa shape index (κ1) is 10.4. The van der Waals surface area contributed by atoms with Crippen LogP contribution in [0, 0.1) is 0 Å². The lowest BCUT2D eigenvalue weighted by Crippen LogP contribution is -1.75. The summed E-state index contributed by atoms with van der Waals surface area (Å²) in [4.78, 5) is 2.80. The van der Waals surface area contributed by atoms with Crippen LogP contribution in [-0.4, -0.2) is 0 Å². The van der Waals surface area contributed by atoms with Crippen molar-refractivity contribution in [2.45, 2.75) is 31.6 Å². The molecule has 0 aliphatic heterocycles. The lowest BCUT2D eigenvalue weighted by atomic mass is 10.3. The molecule has 1 aromatic rings. The van der Waals surface area contributed by atoms with Gasteiger partial charge in [0.05, 0.1) is 0 Å². The summed E-state index contributed by atoms with van der Waals surface area (Å²) in [5.74, 6) is 0. The third-order valence-electron chi connectivity index (χ3n) is 1.77. The maximum atomic E-state index is 2.30. The van der Waals surface area contributed by atoms with Crippen LogP contribution in [0.5, 0.6) is 0 Å². The van der Waals surface area contributed by atoms with Gasteiger partial charge in [-0.15, -0.1) is 0 Å². The summed E-state index contributed by atoms with van der Waals surface area (Å²) < 4.78 is 0. The average Bonchev–Trinajstić information content (AvgIpc) is 2.19. The fourth-order valence-electron chi connectivity index (χ4n) is 1.13. The van der Waals surface area contributed by atoms with Crippen LogP contribution in [0.25, 0.3) is 0 Å². The lowest BCUT2D eigenvalue weighted by molar-refractivity contribution is 1.14. The quantitative estimate of drug-likeness (QED) is 0.634. The Morgan fingerprint density at radius 2 is 1.92 bits per heavy atom. The van der Waals surface area contributed by atoms with Crippen LogP contribution < -0.4 is 0 Å². The van der Waals surface area contributed by atoms with Crippen LogP contribution in [0.2, 0.25) is 0 Å². The maximum Gasteiger partial charge on any atom is 0.0118 e. The first-order valence-electron chi connectivity index (χ1n) is 4.78. The maximum absolute atomic E-state index is 2.30. The van der Waals surface area contributed by atoms with Gasteiger partial charge in [0, 0.05) is 4.90 Å². The van der Waals surface area contributed by atoms with Gasteiger partial charge in [0.2, 0.25) is 0 Å². The summed E-state index contributed by atoms with van der Waals surface area (Å²) in [7, 11) is 0. The number of thioether (sulfide) groups is 1. The van der Waals surface area contributed by atoms with Gasteiger partial charge in [0.1, 0.15) is 0 Å². The summed E-state index contributed by atoms with van der Waals surface area (Å²) >= 11 is 1.87. The normalized spacial score (nSPS) is 11.7. The molecule has 0 fully saturated rings. The number of hydrogen-bond donors (Lipinski definition) is 0. The Morgan fingerprint density at radius 1 is 1.23 bits per heavy atom. The van der Waals surface area contributed by atoms with Gasteiger partial charge in [-0.2, -0.15) is 0 Å². The van der Waals surface area contributed by atoms with Crippen LogP contribution in [0.3, 0.4) is 0 Å². The molecule has 1 aromatic carbocycles. The SMILES string of the molecule is CC/C=C(/CC)Sc1ccccc1. The van der Waals surface area contributed by atoms with Gasteiger partial charge in [-0.05, 0) is 29.9 Å². The molecule has 0 aliphatic rings. The van der Waals surface area contributed by atoms with Crippen LogP contribution in [0.1, 0.15) is 26.7 Å². The van der Waals surface area contributed by atoms with Crippen molar-refractivity contribution in [2.24, 2.45) is 0 Å². The highest BCUT2D eigenvalue weighted by atomic mass is 32.2. The highest BCUT2D eigenvalue weighted by molar-refractivity contribution is 8.03. The predicted octanol–water partition coefficient (Wildman–Crippen LogP) is 4.48. The van der Waals surface area contributed by atoms with Crippen molar-refractivity contribution < 1.29 is 0 Å². The molecular weight excluding hydrogens is 176 g/mol. The Bertz CT molecular complexity index is 262. The van der Waals surface area contributed by atoms with E-state index in [1.165, 1.54) is 9.80 Å². The van der Waals surface area contributed by atoms with Gasteiger partial charge >= 0.3 is 0 Å². The first-order valence-corrected chi connectivity index (χ1v) is 5.60. The molecule has 0 amide bonds. The standard InChI is InChI=1S/C12H16S/c1-3-8-11(4-2)13-12-9-6-5-7-10-12/h5-10H,3-4H2,1-2H3/b11-8-. The van der Waals surface area contributed by atoms with Crippen molar-refractivity contribution in [3.63, 3.8) is 0 Å². The van der Waals surface area contributed by atoms with Crippen molar-refractivity contribution >= 4 is 11.8 Å². The van der Waals surface area contributed by atoms with E-state index in [4.69, 9.17) is 0 Å². The molecule has 0 unspecified atom stereocenters. The minimum atomic E-state index is 1.13. The Hall–Kier alpha value is -0.690. The Labute approximate surface area is 85.1 Å². The second kappa shape index (κ2) is 5.87. The molecule has 0 spiro atoms. The van der Waals surface area contributed by atoms with E-state index in [0.29, 0.717) is 0 Å². The summed E-state index contributed by atoms with van der Waals surface area (Å²) in [6, 6.07) is 10.5. The minimum absolute atomic E-state index is 1.13. The summed E-state index contributed by atoms with van der Waals surface area (Å²) in [6.07, 6.45) is 4.56. The molecule has 0 bridgehead atoms. The zero-order chi connectivity index (χ0) is 9.52. The fourth-order valence-corrected chi connectivity index (χ4v) is 2.12. The number of allylic oxidation sites excluding steroid dienone is 2. The predicted molar refractivity (Wildman–Crippen MR) is 61.0 cm³/mol. The van der Waals surface area contributed by atoms with Gasteiger partial charge in [-0.25, -0.2) is 0 Å². The lowest BCUT2D eigenvalue weighted by Gasteiger charge is -2.03. The van der Waals surface area contributed by atoms with E-state index >= 15 is 0 Å². The van der Waals surface area contributed by atoms with Crippen molar-refractivity contribution in [3.8, 4) is 0 Å². The topological polar surface area (TPSA) is 0 Å². The zero-order valence-corrected chi connectivity index (χ0v) is 9.10. The van der Waals surface area contributed by atoms with Crippen molar-refractivity contribution in [3.05, 3.63) is 41.3 Å². The van der Waals surface area contributed by atoms with Gasteiger partial charge in [0.25, 0.3) is 0 Å². The first-order chi connectivity index (χ1) is 6.36. The van der Waals surface area contributed by atoms with E-state index in [2.05, 4.69) is 50.3 Å². The molecule has 0 saturated heterocycles. The van der Waals surface area contributed by atoms with Gasteiger partial charge in [-0.1, -0.05) is 49.9 Å². The molecule has 0 N–H and O–H groups in total. The third-order valence-corrected chi connectivity index (χ3v) is 3.00. The van der Waals surface area contributed by atoms with Crippen LogP contribution in [0.15, 0.2) is 46.2 Å². The molecule has 0 atom stereocenters. The van der Waals surface area contributed by atoms with E-state index in [9.17, 15) is 0 Å². The van der Waals surface area contributed by atoms with Crippen LogP contribution in [-0.2, 0) is 0 Å². The molecule has 0 nitrogen and oxygen atoms in total. The Balaban J connectivity index is 2.62. The molecule has 70 valence electrons. The monoisotopic (exact) mass is 192 g/mol. The number of benzene rings is 1. The molecule has 1 rings (SSSR count). The highest BCUT2D eigenvalue weighted by Crippen LogP contribution is 2.28. The van der Waals surface area contributed by atoms with Crippen molar-refractivity contribution in [1.29, 1.82) is 0 Å². The third kappa shape index (κ3) is 3.69. The molecular formula is C12H16S. The summed E-state index contributed by atoms with van der Waals surface area (Å²) in [5, 5.41) is 0. The van der Waals surface area contributed by atoms with Gasteiger partial charge < -0.3 is 0 Å². The van der Waals surface area contributed by atoms with E-state index in [0.717, 1.165) is 12.8 Å². The number of rotatable bonds is 4. The second-order valence-corrected chi connectivity index (χ2v) is 4.05. The summed E-state index contributed by atoms with van der Waals surface area (Å²) in [5.41, 5.74) is 0. The van der Waals surface area contributed by atoms with Crippen molar-refractivity contribution in [2.75, 3.05) is 0 Å². The Morgan fingerprint density at radius 3 is 2.46 bits per heavy atom. The molecule has 0 radical (unpaired) electrons. The molecule has 13 heavy (non-hydrogen) atoms. The van der Waals surface area contributed by atoms with E-state index < -0.39 is 0 Å². The molecule has 0 aliphatic carbocycles. The van der Waals surface area contributed by atoms with Crippen molar-refractivity contribution in [1.82, 2.24) is 0 Å². The average molecular weight is 192 g/mol. The highest BCUT2D eigenvalue weighted by Gasteiger charge is 1.96. The minimum Gasteiger partial charge on any atom is -0.0949 e. The Kier molecular flexibility index (Phi) is 4.69. The zero-order valence-electron chi connectivity index (χ0n) is 8.29. The molecule has 0 saturated carbocycles. The van der Waals surface area contributed by atoms with E-state index in [1.54, 1.807) is 0 Å². The van der Waals surface area contributed by atoms with Gasteiger partial charge in [-0.3, -0.25) is 0 Å². The molecule has 1 heteroatoms. The van der Waals surface area contributed by atoms with Gasteiger partial charge in [0.15, 0.2) is 0 Å². The largest absolute Gasteiger partial charge is 0.0949 e. The smallest absolute Gasteiger partial charge is 0.0118 e. The number of hydrogen-bond acceptors (Lipinski definition) is 1. The fraction of sp³-hybridized carbons (Fsp3) is 0.333. The van der Waals surface area contributed by atoms with E-state index in [-0.39, 0.29) is 0 Å². The van der Waals surface area contributed by atoms with E-state index in [1.807, 2.05) is 11.8 Å². The summed E-state index contributed by atoms with van der Waals surface area (Å²) in [6.45, 7) is 4.39. The molecule has 0 aromatic heterocycles. The second-order valence-electron chi connectivity index (χ2n) is 2.85.